The van der Waals surface area contributed by atoms with Gasteiger partial charge < -0.3 is 15.4 Å². The van der Waals surface area contributed by atoms with Crippen molar-refractivity contribution in [3.63, 3.8) is 0 Å². The highest BCUT2D eigenvalue weighted by molar-refractivity contribution is 5.58. The van der Waals surface area contributed by atoms with Gasteiger partial charge in [-0.2, -0.15) is 4.98 Å². The summed E-state index contributed by atoms with van der Waals surface area (Å²) in [7, 11) is 0. The van der Waals surface area contributed by atoms with Crippen molar-refractivity contribution in [2.45, 2.75) is 46.6 Å². The molecular weight excluding hydrogens is 288 g/mol. The van der Waals surface area contributed by atoms with Gasteiger partial charge in [0.2, 0.25) is 5.95 Å². The van der Waals surface area contributed by atoms with E-state index in [1.165, 1.54) is 0 Å². The number of hydrogen-bond donors (Lipinski definition) is 2. The third-order valence-corrected chi connectivity index (χ3v) is 3.17. The van der Waals surface area contributed by atoms with Crippen LogP contribution in [0.25, 0.3) is 0 Å². The third kappa shape index (κ3) is 5.77. The van der Waals surface area contributed by atoms with Gasteiger partial charge in [0.25, 0.3) is 0 Å². The van der Waals surface area contributed by atoms with Gasteiger partial charge in [-0.05, 0) is 51.5 Å². The molecule has 0 aliphatic carbocycles. The molecule has 2 N–H and O–H groups in total. The molecule has 0 radical (unpaired) electrons. The summed E-state index contributed by atoms with van der Waals surface area (Å²) in [5.41, 5.74) is 1.90. The molecule has 0 aliphatic rings. The van der Waals surface area contributed by atoms with Gasteiger partial charge in [0, 0.05) is 24.0 Å². The van der Waals surface area contributed by atoms with Crippen LogP contribution < -0.4 is 15.4 Å². The molecule has 2 rings (SSSR count). The summed E-state index contributed by atoms with van der Waals surface area (Å²) in [6, 6.07) is 9.82. The van der Waals surface area contributed by atoms with Gasteiger partial charge in [-0.3, -0.25) is 0 Å². The predicted molar refractivity (Wildman–Crippen MR) is 95.7 cm³/mol. The molecule has 0 amide bonds. The van der Waals surface area contributed by atoms with E-state index in [4.69, 9.17) is 4.74 Å². The number of anilines is 3. The fourth-order valence-electron chi connectivity index (χ4n) is 2.13. The minimum absolute atomic E-state index is 0.176. The molecule has 0 atom stereocenters. The molecular formula is C18H26N4O. The zero-order chi connectivity index (χ0) is 16.7. The molecule has 5 heteroatoms. The number of benzene rings is 1. The molecule has 0 aliphatic heterocycles. The van der Waals surface area contributed by atoms with Crippen LogP contribution in [-0.2, 0) is 0 Å². The second kappa shape index (κ2) is 8.36. The summed E-state index contributed by atoms with van der Waals surface area (Å²) in [4.78, 5) is 8.92. The van der Waals surface area contributed by atoms with Crippen molar-refractivity contribution < 1.29 is 4.74 Å². The first-order valence-electron chi connectivity index (χ1n) is 8.20. The topological polar surface area (TPSA) is 59.1 Å². The SMILES string of the molecule is CCCCNc1nc(C)cc(Nc2ccc(OC(C)C)cc2)n1. The summed E-state index contributed by atoms with van der Waals surface area (Å²) in [5.74, 6) is 2.32. The van der Waals surface area contributed by atoms with Gasteiger partial charge in [0.1, 0.15) is 11.6 Å². The lowest BCUT2D eigenvalue weighted by atomic mass is 10.3. The van der Waals surface area contributed by atoms with Crippen molar-refractivity contribution in [2.24, 2.45) is 0 Å². The van der Waals surface area contributed by atoms with E-state index in [1.54, 1.807) is 0 Å². The van der Waals surface area contributed by atoms with Crippen LogP contribution in [0.1, 0.15) is 39.3 Å². The number of nitrogens with one attached hydrogen (secondary N) is 2. The standard InChI is InChI=1S/C18H26N4O/c1-5-6-11-19-18-20-14(4)12-17(22-18)21-15-7-9-16(10-8-15)23-13(2)3/h7-10,12-13H,5-6,11H2,1-4H3,(H2,19,20,21,22). The molecule has 1 aromatic carbocycles. The molecule has 0 unspecified atom stereocenters. The summed E-state index contributed by atoms with van der Waals surface area (Å²) in [6.45, 7) is 9.06. The monoisotopic (exact) mass is 314 g/mol. The van der Waals surface area contributed by atoms with Gasteiger partial charge >= 0.3 is 0 Å². The first kappa shape index (κ1) is 17.1. The maximum atomic E-state index is 5.65. The molecule has 0 spiro atoms. The Labute approximate surface area is 138 Å². The van der Waals surface area contributed by atoms with Gasteiger partial charge in [-0.1, -0.05) is 13.3 Å². The average molecular weight is 314 g/mol. The molecule has 124 valence electrons. The highest BCUT2D eigenvalue weighted by Crippen LogP contribution is 2.20. The molecule has 0 fully saturated rings. The molecule has 0 bridgehead atoms. The van der Waals surface area contributed by atoms with E-state index in [0.717, 1.165) is 42.3 Å². The molecule has 23 heavy (non-hydrogen) atoms. The van der Waals surface area contributed by atoms with E-state index in [9.17, 15) is 0 Å². The number of nitrogens with zero attached hydrogens (tertiary/aromatic N) is 2. The Bertz CT molecular complexity index is 611. The van der Waals surface area contributed by atoms with E-state index >= 15 is 0 Å². The fourth-order valence-corrected chi connectivity index (χ4v) is 2.13. The highest BCUT2D eigenvalue weighted by atomic mass is 16.5. The van der Waals surface area contributed by atoms with Crippen LogP contribution >= 0.6 is 0 Å². The van der Waals surface area contributed by atoms with Crippen molar-refractivity contribution in [3.8, 4) is 5.75 Å². The Morgan fingerprint density at radius 3 is 2.52 bits per heavy atom. The maximum absolute atomic E-state index is 5.65. The predicted octanol–water partition coefficient (Wildman–Crippen LogP) is 4.53. The zero-order valence-electron chi connectivity index (χ0n) is 14.4. The minimum atomic E-state index is 0.176. The quantitative estimate of drug-likeness (QED) is 0.701. The van der Waals surface area contributed by atoms with Crippen molar-refractivity contribution in [3.05, 3.63) is 36.0 Å². The van der Waals surface area contributed by atoms with Gasteiger partial charge in [-0.25, -0.2) is 4.98 Å². The molecule has 0 saturated carbocycles. The van der Waals surface area contributed by atoms with Crippen LogP contribution in [0.3, 0.4) is 0 Å². The van der Waals surface area contributed by atoms with Crippen LogP contribution in [0.4, 0.5) is 17.5 Å². The summed E-state index contributed by atoms with van der Waals surface area (Å²) in [6.07, 6.45) is 2.43. The van der Waals surface area contributed by atoms with Crippen LogP contribution in [0.5, 0.6) is 5.75 Å². The van der Waals surface area contributed by atoms with Crippen molar-refractivity contribution in [1.29, 1.82) is 0 Å². The number of aryl methyl sites for hydroxylation is 1. The summed E-state index contributed by atoms with van der Waals surface area (Å²) in [5, 5.41) is 6.57. The number of rotatable bonds is 8. The van der Waals surface area contributed by atoms with Gasteiger partial charge in [0.05, 0.1) is 6.10 Å². The Morgan fingerprint density at radius 1 is 1.13 bits per heavy atom. The Balaban J connectivity index is 2.04. The van der Waals surface area contributed by atoms with E-state index in [-0.39, 0.29) is 6.10 Å². The largest absolute Gasteiger partial charge is 0.491 e. The van der Waals surface area contributed by atoms with Gasteiger partial charge in [0.15, 0.2) is 0 Å². The summed E-state index contributed by atoms with van der Waals surface area (Å²) < 4.78 is 5.65. The number of aromatic nitrogens is 2. The first-order chi connectivity index (χ1) is 11.1. The van der Waals surface area contributed by atoms with Crippen molar-refractivity contribution in [1.82, 2.24) is 9.97 Å². The third-order valence-electron chi connectivity index (χ3n) is 3.17. The Kier molecular flexibility index (Phi) is 6.20. The second-order valence-corrected chi connectivity index (χ2v) is 5.81. The zero-order valence-corrected chi connectivity index (χ0v) is 14.4. The van der Waals surface area contributed by atoms with Crippen molar-refractivity contribution >= 4 is 17.5 Å². The number of ether oxygens (including phenoxy) is 1. The average Bonchev–Trinajstić information content (AvgIpc) is 2.48. The molecule has 1 heterocycles. The van der Waals surface area contributed by atoms with Crippen LogP contribution in [-0.4, -0.2) is 22.6 Å². The lowest BCUT2D eigenvalue weighted by Crippen LogP contribution is -2.07. The maximum Gasteiger partial charge on any atom is 0.224 e. The van der Waals surface area contributed by atoms with Crippen LogP contribution in [0.2, 0.25) is 0 Å². The van der Waals surface area contributed by atoms with Crippen LogP contribution in [0.15, 0.2) is 30.3 Å². The van der Waals surface area contributed by atoms with Crippen LogP contribution in [0, 0.1) is 6.92 Å². The van der Waals surface area contributed by atoms with Crippen molar-refractivity contribution in [2.75, 3.05) is 17.2 Å². The number of hydrogen-bond acceptors (Lipinski definition) is 5. The Hall–Kier alpha value is -2.30. The Morgan fingerprint density at radius 2 is 1.87 bits per heavy atom. The lowest BCUT2D eigenvalue weighted by Gasteiger charge is -2.12. The van der Waals surface area contributed by atoms with E-state index in [0.29, 0.717) is 5.95 Å². The fraction of sp³-hybridized carbons (Fsp3) is 0.444. The smallest absolute Gasteiger partial charge is 0.224 e. The summed E-state index contributed by atoms with van der Waals surface area (Å²) >= 11 is 0. The van der Waals surface area contributed by atoms with E-state index in [2.05, 4.69) is 27.5 Å². The first-order valence-corrected chi connectivity index (χ1v) is 8.20. The molecule has 5 nitrogen and oxygen atoms in total. The molecule has 0 saturated heterocycles. The molecule has 2 aromatic rings. The van der Waals surface area contributed by atoms with E-state index < -0.39 is 0 Å². The normalized spacial score (nSPS) is 10.7. The van der Waals surface area contributed by atoms with Gasteiger partial charge in [-0.15, -0.1) is 0 Å². The lowest BCUT2D eigenvalue weighted by molar-refractivity contribution is 0.242. The molecule has 1 aromatic heterocycles. The second-order valence-electron chi connectivity index (χ2n) is 5.81. The minimum Gasteiger partial charge on any atom is -0.491 e. The highest BCUT2D eigenvalue weighted by Gasteiger charge is 2.03. The number of unbranched alkanes of at least 4 members (excludes halogenated alkanes) is 1. The van der Waals surface area contributed by atoms with E-state index in [1.807, 2.05) is 51.1 Å².